The van der Waals surface area contributed by atoms with Gasteiger partial charge >= 0.3 is 29.6 Å². The molecule has 1 aromatic carbocycles. The van der Waals surface area contributed by atoms with E-state index in [0.717, 1.165) is 0 Å². The fraction of sp³-hybridized carbons (Fsp3) is 0.0714. The second-order valence-electron chi connectivity index (χ2n) is 3.93. The topological polar surface area (TPSA) is 57.4 Å². The largest absolute Gasteiger partial charge is 1.00 e. The molecule has 2 rings (SSSR count). The molecule has 2 aromatic rings. The van der Waals surface area contributed by atoms with Gasteiger partial charge in [0.1, 0.15) is 5.82 Å². The molecule has 0 fully saturated rings. The van der Waals surface area contributed by atoms with E-state index in [2.05, 4.69) is 9.83 Å². The number of benzene rings is 1. The summed E-state index contributed by atoms with van der Waals surface area (Å²) in [6, 6.07) is 5.28. The molecule has 0 unspecified atom stereocenters. The predicted octanol–water partition coefficient (Wildman–Crippen LogP) is -0.886. The third-order valence-electron chi connectivity index (χ3n) is 2.73. The zero-order valence-electron chi connectivity index (χ0n) is 11.0. The average Bonchev–Trinajstić information content (AvgIpc) is 2.41. The van der Waals surface area contributed by atoms with Crippen LogP contribution >= 0.6 is 0 Å². The molecule has 0 saturated carbocycles. The van der Waals surface area contributed by atoms with Gasteiger partial charge in [0.2, 0.25) is 0 Å². The minimum Gasteiger partial charge on any atom is -0.545 e. The van der Waals surface area contributed by atoms with E-state index in [9.17, 15) is 14.3 Å². The van der Waals surface area contributed by atoms with E-state index in [4.69, 9.17) is 6.57 Å². The van der Waals surface area contributed by atoms with Gasteiger partial charge in [0, 0.05) is 11.8 Å². The van der Waals surface area contributed by atoms with E-state index in [-0.39, 0.29) is 52.1 Å². The van der Waals surface area contributed by atoms with Crippen LogP contribution in [-0.2, 0) is 0 Å². The van der Waals surface area contributed by atoms with Gasteiger partial charge in [-0.15, -0.1) is 0 Å². The summed E-state index contributed by atoms with van der Waals surface area (Å²) in [7, 11) is 0. The van der Waals surface area contributed by atoms with Crippen molar-refractivity contribution >= 4 is 11.7 Å². The van der Waals surface area contributed by atoms with E-state index >= 15 is 0 Å². The number of aromatic nitrogens is 1. The Balaban J connectivity index is 0.00000200. The first-order chi connectivity index (χ1) is 9.02. The minimum atomic E-state index is -1.33. The number of carboxylic acid groups (broad SMARTS) is 1. The number of carboxylic acids is 1. The first kappa shape index (κ1) is 16.3. The van der Waals surface area contributed by atoms with Crippen LogP contribution < -0.4 is 34.7 Å². The first-order valence-corrected chi connectivity index (χ1v) is 5.38. The number of pyridine rings is 1. The molecular weight excluding hydrogens is 270 g/mol. The zero-order valence-corrected chi connectivity index (χ0v) is 13.0. The summed E-state index contributed by atoms with van der Waals surface area (Å²) in [5.41, 5.74) is 1.03. The molecule has 0 N–H and O–H groups in total. The standard InChI is InChI=1S/C14H9FN2O2.Na/c1-8-11(15)5-10(7-12(8)16-2)13-6-9(14(18)19)3-4-17-13;/h3-7H,1H3,(H,18,19);/q;+1/p-1. The molecule has 4 nitrogen and oxygen atoms in total. The van der Waals surface area contributed by atoms with E-state index in [1.807, 2.05) is 0 Å². The quantitative estimate of drug-likeness (QED) is 0.529. The van der Waals surface area contributed by atoms with E-state index in [0.29, 0.717) is 5.56 Å². The summed E-state index contributed by atoms with van der Waals surface area (Å²) in [5, 5.41) is 10.8. The average molecular weight is 278 g/mol. The molecule has 0 spiro atoms. The van der Waals surface area contributed by atoms with Crippen molar-refractivity contribution < 1.29 is 43.8 Å². The monoisotopic (exact) mass is 278 g/mol. The Morgan fingerprint density at radius 2 is 2.10 bits per heavy atom. The molecule has 0 aliphatic rings. The van der Waals surface area contributed by atoms with Gasteiger partial charge in [-0.05, 0) is 42.3 Å². The first-order valence-electron chi connectivity index (χ1n) is 5.38. The number of rotatable bonds is 2. The van der Waals surface area contributed by atoms with Crippen molar-refractivity contribution in [3.05, 3.63) is 58.8 Å². The zero-order chi connectivity index (χ0) is 14.0. The van der Waals surface area contributed by atoms with Gasteiger partial charge < -0.3 is 9.90 Å². The Morgan fingerprint density at radius 3 is 2.70 bits per heavy atom. The molecule has 0 radical (unpaired) electrons. The molecule has 0 amide bonds. The van der Waals surface area contributed by atoms with E-state index < -0.39 is 11.8 Å². The fourth-order valence-electron chi connectivity index (χ4n) is 1.64. The Kier molecular flexibility index (Phi) is 5.40. The summed E-state index contributed by atoms with van der Waals surface area (Å²) < 4.78 is 13.7. The van der Waals surface area contributed by atoms with Crippen LogP contribution in [-0.4, -0.2) is 11.0 Å². The van der Waals surface area contributed by atoms with Crippen LogP contribution in [0.5, 0.6) is 0 Å². The van der Waals surface area contributed by atoms with Crippen LogP contribution in [0.4, 0.5) is 10.1 Å². The molecule has 0 atom stereocenters. The molecule has 1 aromatic heterocycles. The van der Waals surface area contributed by atoms with Gasteiger partial charge in [-0.1, -0.05) is 0 Å². The number of nitrogens with zero attached hydrogens (tertiary/aromatic N) is 2. The van der Waals surface area contributed by atoms with E-state index in [1.165, 1.54) is 37.4 Å². The van der Waals surface area contributed by atoms with Crippen LogP contribution in [0.3, 0.4) is 0 Å². The van der Waals surface area contributed by atoms with E-state index in [1.54, 1.807) is 0 Å². The summed E-state index contributed by atoms with van der Waals surface area (Å²) in [6.45, 7) is 8.50. The van der Waals surface area contributed by atoms with Gasteiger partial charge in [-0.25, -0.2) is 9.24 Å². The number of halogens is 1. The molecule has 0 aliphatic carbocycles. The maximum atomic E-state index is 13.7. The maximum absolute atomic E-state index is 13.7. The number of hydrogen-bond donors (Lipinski definition) is 0. The second kappa shape index (κ2) is 6.62. The summed E-state index contributed by atoms with van der Waals surface area (Å²) in [4.78, 5) is 18.0. The van der Waals surface area contributed by atoms with Gasteiger partial charge in [0.15, 0.2) is 5.69 Å². The molecule has 20 heavy (non-hydrogen) atoms. The SMILES string of the molecule is [C-]#[N+]c1cc(-c2cc(C(=O)[O-])ccn2)cc(F)c1C.[Na+]. The number of carbonyl (C=O) groups is 1. The third kappa shape index (κ3) is 3.23. The maximum Gasteiger partial charge on any atom is 1.00 e. The molecule has 1 heterocycles. The molecular formula is C14H8FN2NaO2. The van der Waals surface area contributed by atoms with Crippen molar-refractivity contribution in [2.45, 2.75) is 6.92 Å². The minimum absolute atomic E-state index is 0. The van der Waals surface area contributed by atoms with Gasteiger partial charge in [-0.2, -0.15) is 0 Å². The Morgan fingerprint density at radius 1 is 1.40 bits per heavy atom. The Bertz CT molecular complexity index is 711. The molecule has 0 saturated heterocycles. The van der Waals surface area contributed by atoms with Crippen molar-refractivity contribution in [2.24, 2.45) is 0 Å². The Hall–Kier alpha value is -1.74. The van der Waals surface area contributed by atoms with Crippen molar-refractivity contribution in [2.75, 3.05) is 0 Å². The summed E-state index contributed by atoms with van der Waals surface area (Å²) in [6.07, 6.45) is 1.30. The molecule has 0 bridgehead atoms. The van der Waals surface area contributed by atoms with Crippen LogP contribution in [0.2, 0.25) is 0 Å². The molecule has 94 valence electrons. The van der Waals surface area contributed by atoms with Gasteiger partial charge in [0.25, 0.3) is 0 Å². The van der Waals surface area contributed by atoms with Crippen molar-refractivity contribution in [3.8, 4) is 11.3 Å². The summed E-state index contributed by atoms with van der Waals surface area (Å²) in [5.74, 6) is -1.86. The number of carbonyl (C=O) groups excluding carboxylic acids is 1. The smallest absolute Gasteiger partial charge is 0.545 e. The Labute approximate surface area is 137 Å². The van der Waals surface area contributed by atoms with Crippen LogP contribution in [0.25, 0.3) is 16.1 Å². The fourth-order valence-corrected chi connectivity index (χ4v) is 1.64. The van der Waals surface area contributed by atoms with Gasteiger partial charge in [0.05, 0.1) is 18.2 Å². The normalized spacial score (nSPS) is 9.45. The van der Waals surface area contributed by atoms with Crippen molar-refractivity contribution in [1.29, 1.82) is 0 Å². The molecule has 6 heteroatoms. The predicted molar refractivity (Wildman–Crippen MR) is 65.0 cm³/mol. The molecule has 0 aliphatic heterocycles. The number of hydrogen-bond acceptors (Lipinski definition) is 3. The summed E-state index contributed by atoms with van der Waals surface area (Å²) >= 11 is 0. The van der Waals surface area contributed by atoms with Crippen LogP contribution in [0, 0.1) is 19.3 Å². The third-order valence-corrected chi connectivity index (χ3v) is 2.73. The number of aromatic carboxylic acids is 1. The van der Waals surface area contributed by atoms with Crippen LogP contribution in [0.1, 0.15) is 15.9 Å². The van der Waals surface area contributed by atoms with Crippen LogP contribution in [0.15, 0.2) is 30.5 Å². The second-order valence-corrected chi connectivity index (χ2v) is 3.93. The van der Waals surface area contributed by atoms with Crippen molar-refractivity contribution in [3.63, 3.8) is 0 Å². The van der Waals surface area contributed by atoms with Gasteiger partial charge in [-0.3, -0.25) is 4.98 Å². The van der Waals surface area contributed by atoms with Crippen molar-refractivity contribution in [1.82, 2.24) is 4.98 Å².